The van der Waals surface area contributed by atoms with Crippen molar-refractivity contribution in [3.8, 4) is 0 Å². The molecule has 2 rings (SSSR count). The summed E-state index contributed by atoms with van der Waals surface area (Å²) in [6, 6.07) is 1.81. The minimum atomic E-state index is 0.220. The Balaban J connectivity index is 1.83. The first-order chi connectivity index (χ1) is 8.81. The van der Waals surface area contributed by atoms with E-state index in [1.165, 1.54) is 0 Å². The van der Waals surface area contributed by atoms with Crippen molar-refractivity contribution in [2.45, 2.75) is 6.42 Å². The fourth-order valence-electron chi connectivity index (χ4n) is 2.00. The van der Waals surface area contributed by atoms with Crippen LogP contribution in [0.5, 0.6) is 0 Å². The molecule has 1 N–H and O–H groups in total. The van der Waals surface area contributed by atoms with Crippen LogP contribution in [0.4, 0.5) is 5.95 Å². The molecule has 0 saturated carbocycles. The van der Waals surface area contributed by atoms with Crippen LogP contribution in [0.15, 0.2) is 18.5 Å². The van der Waals surface area contributed by atoms with Crippen LogP contribution in [0.3, 0.4) is 0 Å². The smallest absolute Gasteiger partial charge is 0.225 e. The van der Waals surface area contributed by atoms with Crippen molar-refractivity contribution >= 4 is 11.9 Å². The monoisotopic (exact) mass is 249 g/mol. The highest BCUT2D eigenvalue weighted by atomic mass is 16.2. The molecule has 0 spiro atoms. The third kappa shape index (κ3) is 3.16. The largest absolute Gasteiger partial charge is 0.339 e. The number of nitrogens with zero attached hydrogens (tertiary/aromatic N) is 4. The number of hydrogen-bond acceptors (Lipinski definition) is 5. The summed E-state index contributed by atoms with van der Waals surface area (Å²) in [5.41, 5.74) is 0. The van der Waals surface area contributed by atoms with Gasteiger partial charge in [-0.05, 0) is 13.1 Å². The maximum atomic E-state index is 11.8. The van der Waals surface area contributed by atoms with Gasteiger partial charge in [0.25, 0.3) is 0 Å². The second kappa shape index (κ2) is 6.30. The lowest BCUT2D eigenvalue weighted by atomic mass is 10.3. The average molecular weight is 249 g/mol. The van der Waals surface area contributed by atoms with Gasteiger partial charge in [0.2, 0.25) is 11.9 Å². The van der Waals surface area contributed by atoms with Gasteiger partial charge >= 0.3 is 0 Å². The van der Waals surface area contributed by atoms with Crippen LogP contribution >= 0.6 is 0 Å². The molecule has 6 nitrogen and oxygen atoms in total. The van der Waals surface area contributed by atoms with E-state index in [0.29, 0.717) is 6.42 Å². The Bertz CT molecular complexity index is 375. The lowest BCUT2D eigenvalue weighted by molar-refractivity contribution is -0.131. The maximum absolute atomic E-state index is 11.8. The maximum Gasteiger partial charge on any atom is 0.225 e. The van der Waals surface area contributed by atoms with Gasteiger partial charge in [0.15, 0.2) is 0 Å². The molecule has 1 aliphatic heterocycles. The number of carbonyl (C=O) groups excluding carboxylic acids is 1. The van der Waals surface area contributed by atoms with E-state index in [2.05, 4.69) is 20.2 Å². The number of nitrogens with one attached hydrogen (secondary N) is 1. The van der Waals surface area contributed by atoms with Gasteiger partial charge < -0.3 is 15.1 Å². The third-order valence-electron chi connectivity index (χ3n) is 3.06. The predicted molar refractivity (Wildman–Crippen MR) is 69.4 cm³/mol. The Morgan fingerprint density at radius 1 is 1.28 bits per heavy atom. The second-order valence-electron chi connectivity index (χ2n) is 4.27. The molecule has 1 aliphatic rings. The van der Waals surface area contributed by atoms with Gasteiger partial charge in [0.1, 0.15) is 0 Å². The molecule has 18 heavy (non-hydrogen) atoms. The summed E-state index contributed by atoms with van der Waals surface area (Å²) in [5.74, 6) is 0.970. The zero-order valence-corrected chi connectivity index (χ0v) is 10.7. The van der Waals surface area contributed by atoms with Crippen LogP contribution in [0.1, 0.15) is 6.42 Å². The minimum Gasteiger partial charge on any atom is -0.339 e. The fraction of sp³-hybridized carbons (Fsp3) is 0.583. The van der Waals surface area contributed by atoms with Crippen LogP contribution in [0, 0.1) is 0 Å². The predicted octanol–water partition coefficient (Wildman–Crippen LogP) is -0.265. The normalized spacial score (nSPS) is 15.8. The van der Waals surface area contributed by atoms with Crippen LogP contribution in [0.25, 0.3) is 0 Å². The standard InChI is InChI=1S/C12H19N5O/c1-13-6-3-11(18)16-7-9-17(10-8-16)12-14-4-2-5-15-12/h2,4-5,13H,3,6-10H2,1H3. The number of rotatable bonds is 4. The molecule has 0 aliphatic carbocycles. The summed E-state index contributed by atoms with van der Waals surface area (Å²) in [4.78, 5) is 24.3. The zero-order valence-electron chi connectivity index (χ0n) is 10.7. The van der Waals surface area contributed by atoms with Crippen molar-refractivity contribution in [1.82, 2.24) is 20.2 Å². The molecule has 1 aromatic heterocycles. The van der Waals surface area contributed by atoms with E-state index in [-0.39, 0.29) is 5.91 Å². The molecule has 0 radical (unpaired) electrons. The van der Waals surface area contributed by atoms with Crippen LogP contribution in [-0.4, -0.2) is 60.5 Å². The lowest BCUT2D eigenvalue weighted by Gasteiger charge is -2.34. The van der Waals surface area contributed by atoms with E-state index >= 15 is 0 Å². The van der Waals surface area contributed by atoms with Crippen LogP contribution in [-0.2, 0) is 4.79 Å². The molecule has 6 heteroatoms. The highest BCUT2D eigenvalue weighted by molar-refractivity contribution is 5.76. The Hall–Kier alpha value is -1.69. The molecular weight excluding hydrogens is 230 g/mol. The van der Waals surface area contributed by atoms with Crippen molar-refractivity contribution in [3.05, 3.63) is 18.5 Å². The lowest BCUT2D eigenvalue weighted by Crippen LogP contribution is -2.49. The Morgan fingerprint density at radius 3 is 2.56 bits per heavy atom. The van der Waals surface area contributed by atoms with Gasteiger partial charge in [-0.1, -0.05) is 0 Å². The Morgan fingerprint density at radius 2 is 1.94 bits per heavy atom. The number of amides is 1. The van der Waals surface area contributed by atoms with E-state index in [1.54, 1.807) is 18.5 Å². The molecule has 98 valence electrons. The first-order valence-corrected chi connectivity index (χ1v) is 6.25. The van der Waals surface area contributed by atoms with Crippen molar-refractivity contribution in [2.24, 2.45) is 0 Å². The van der Waals surface area contributed by atoms with Crippen LogP contribution < -0.4 is 10.2 Å². The SMILES string of the molecule is CNCCC(=O)N1CCN(c2ncccn2)CC1. The van der Waals surface area contributed by atoms with E-state index < -0.39 is 0 Å². The number of hydrogen-bond donors (Lipinski definition) is 1. The summed E-state index contributed by atoms with van der Waals surface area (Å²) in [6.45, 7) is 3.84. The van der Waals surface area contributed by atoms with Gasteiger partial charge in [0, 0.05) is 51.5 Å². The highest BCUT2D eigenvalue weighted by Gasteiger charge is 2.21. The van der Waals surface area contributed by atoms with Gasteiger partial charge in [-0.2, -0.15) is 0 Å². The zero-order chi connectivity index (χ0) is 12.8. The summed E-state index contributed by atoms with van der Waals surface area (Å²) in [6.07, 6.45) is 4.05. The van der Waals surface area contributed by atoms with Gasteiger partial charge in [-0.3, -0.25) is 4.79 Å². The highest BCUT2D eigenvalue weighted by Crippen LogP contribution is 2.10. The second-order valence-corrected chi connectivity index (χ2v) is 4.27. The summed E-state index contributed by atoms with van der Waals surface area (Å²) in [7, 11) is 1.86. The van der Waals surface area contributed by atoms with Crippen molar-refractivity contribution in [3.63, 3.8) is 0 Å². The summed E-state index contributed by atoms with van der Waals surface area (Å²) in [5, 5.41) is 2.99. The molecule has 0 unspecified atom stereocenters. The summed E-state index contributed by atoms with van der Waals surface area (Å²) < 4.78 is 0. The molecule has 0 bridgehead atoms. The van der Waals surface area contributed by atoms with E-state index in [0.717, 1.165) is 38.7 Å². The first kappa shape index (κ1) is 12.8. The molecule has 1 fully saturated rings. The first-order valence-electron chi connectivity index (χ1n) is 6.25. The number of anilines is 1. The van der Waals surface area contributed by atoms with Gasteiger partial charge in [0.05, 0.1) is 0 Å². The minimum absolute atomic E-state index is 0.220. The van der Waals surface area contributed by atoms with Gasteiger partial charge in [-0.25, -0.2) is 9.97 Å². The van der Waals surface area contributed by atoms with E-state index in [1.807, 2.05) is 11.9 Å². The third-order valence-corrected chi connectivity index (χ3v) is 3.06. The average Bonchev–Trinajstić information content (AvgIpc) is 2.46. The molecule has 0 aromatic carbocycles. The van der Waals surface area contributed by atoms with Crippen LogP contribution in [0.2, 0.25) is 0 Å². The molecule has 0 atom stereocenters. The van der Waals surface area contributed by atoms with E-state index in [4.69, 9.17) is 0 Å². The molecule has 1 saturated heterocycles. The Labute approximate surface area is 107 Å². The van der Waals surface area contributed by atoms with Crippen molar-refractivity contribution in [1.29, 1.82) is 0 Å². The topological polar surface area (TPSA) is 61.4 Å². The molecule has 1 aromatic rings. The van der Waals surface area contributed by atoms with Gasteiger partial charge in [-0.15, -0.1) is 0 Å². The number of carbonyl (C=O) groups is 1. The molecular formula is C12H19N5O. The summed E-state index contributed by atoms with van der Waals surface area (Å²) >= 11 is 0. The number of aromatic nitrogens is 2. The fourth-order valence-corrected chi connectivity index (χ4v) is 2.00. The van der Waals surface area contributed by atoms with E-state index in [9.17, 15) is 4.79 Å². The molecule has 2 heterocycles. The van der Waals surface area contributed by atoms with Crippen molar-refractivity contribution in [2.75, 3.05) is 44.7 Å². The van der Waals surface area contributed by atoms with Crippen molar-refractivity contribution < 1.29 is 4.79 Å². The molecule has 1 amide bonds. The Kier molecular flexibility index (Phi) is 4.46. The number of piperazine rings is 1. The quantitative estimate of drug-likeness (QED) is 0.796.